The number of anilines is 2. The normalized spacial score (nSPS) is 11.4. The second kappa shape index (κ2) is 7.60. The lowest BCUT2D eigenvalue weighted by Crippen LogP contribution is -2.00. The number of ether oxygens (including phenoxy) is 1. The molecule has 0 fully saturated rings. The van der Waals surface area contributed by atoms with Gasteiger partial charge in [0.05, 0.1) is 11.7 Å². The second-order valence-corrected chi connectivity index (χ2v) is 8.70. The van der Waals surface area contributed by atoms with Crippen molar-refractivity contribution in [1.82, 2.24) is 15.0 Å². The Bertz CT molecular complexity index is 1340. The lowest BCUT2D eigenvalue weighted by molar-refractivity contribution is 0.475. The van der Waals surface area contributed by atoms with Gasteiger partial charge in [0.1, 0.15) is 29.4 Å². The maximum absolute atomic E-state index is 11.5. The van der Waals surface area contributed by atoms with Crippen molar-refractivity contribution in [2.45, 2.75) is 11.9 Å². The summed E-state index contributed by atoms with van der Waals surface area (Å²) >= 11 is 0. The molecule has 0 aliphatic heterocycles. The molecule has 0 bridgehead atoms. The number of nitrogens with zero attached hydrogens (tertiary/aromatic N) is 3. The van der Waals surface area contributed by atoms with E-state index in [9.17, 15) is 13.5 Å². The number of pyridine rings is 1. The van der Waals surface area contributed by atoms with Crippen molar-refractivity contribution in [3.05, 3.63) is 66.6 Å². The number of aryl methyl sites for hydroxylation is 1. The molecule has 0 aliphatic rings. The number of fused-ring (bicyclic) bond motifs is 1. The van der Waals surface area contributed by atoms with E-state index >= 15 is 0 Å². The minimum atomic E-state index is -3.36. The number of hydrogen-bond acceptors (Lipinski definition) is 8. The van der Waals surface area contributed by atoms with Crippen molar-refractivity contribution < 1.29 is 18.3 Å². The summed E-state index contributed by atoms with van der Waals surface area (Å²) in [5, 5.41) is 13.7. The third-order valence-corrected chi connectivity index (χ3v) is 5.37. The van der Waals surface area contributed by atoms with Crippen LogP contribution in [0, 0.1) is 6.92 Å². The first-order valence-corrected chi connectivity index (χ1v) is 10.8. The molecule has 9 heteroatoms. The van der Waals surface area contributed by atoms with Crippen LogP contribution in [-0.2, 0) is 9.84 Å². The Balaban J connectivity index is 1.56. The predicted octanol–water partition coefficient (Wildman–Crippen LogP) is 3.98. The average Bonchev–Trinajstić information content (AvgIpc) is 2.70. The van der Waals surface area contributed by atoms with Crippen LogP contribution in [0.1, 0.15) is 5.56 Å². The van der Waals surface area contributed by atoms with Gasteiger partial charge in [-0.1, -0.05) is 0 Å². The van der Waals surface area contributed by atoms with Crippen LogP contribution in [0.3, 0.4) is 0 Å². The third kappa shape index (κ3) is 4.15. The minimum Gasteiger partial charge on any atom is -0.508 e. The lowest BCUT2D eigenvalue weighted by Gasteiger charge is -2.12. The van der Waals surface area contributed by atoms with Crippen LogP contribution in [0.4, 0.5) is 11.5 Å². The van der Waals surface area contributed by atoms with Gasteiger partial charge in [-0.15, -0.1) is 0 Å². The number of aromatic nitrogens is 3. The smallest absolute Gasteiger partial charge is 0.192 e. The molecule has 2 aromatic heterocycles. The number of nitrogens with one attached hydrogen (secondary N) is 1. The fourth-order valence-electron chi connectivity index (χ4n) is 2.90. The molecule has 0 radical (unpaired) electrons. The quantitative estimate of drug-likeness (QED) is 0.496. The van der Waals surface area contributed by atoms with E-state index in [1.165, 1.54) is 18.6 Å². The van der Waals surface area contributed by atoms with Gasteiger partial charge in [0.2, 0.25) is 0 Å². The Kier molecular flexibility index (Phi) is 4.96. The molecule has 4 rings (SSSR count). The van der Waals surface area contributed by atoms with E-state index in [4.69, 9.17) is 4.74 Å². The Labute approximate surface area is 173 Å². The van der Waals surface area contributed by atoms with Crippen molar-refractivity contribution in [3.63, 3.8) is 0 Å². The Hall–Kier alpha value is -3.72. The largest absolute Gasteiger partial charge is 0.508 e. The Morgan fingerprint density at radius 2 is 1.83 bits per heavy atom. The number of rotatable bonds is 5. The molecule has 2 N–H and O–H groups in total. The van der Waals surface area contributed by atoms with Crippen molar-refractivity contribution in [2.24, 2.45) is 0 Å². The van der Waals surface area contributed by atoms with Gasteiger partial charge >= 0.3 is 0 Å². The van der Waals surface area contributed by atoms with Crippen molar-refractivity contribution in [3.8, 4) is 17.2 Å². The summed E-state index contributed by atoms with van der Waals surface area (Å²) in [6.45, 7) is 1.89. The summed E-state index contributed by atoms with van der Waals surface area (Å²) in [6, 6.07) is 13.4. The zero-order valence-electron chi connectivity index (χ0n) is 16.2. The first-order valence-electron chi connectivity index (χ1n) is 8.95. The van der Waals surface area contributed by atoms with Crippen molar-refractivity contribution in [2.75, 3.05) is 11.6 Å². The number of phenolic OH excluding ortho intramolecular Hbond substituents is 1. The predicted molar refractivity (Wildman–Crippen MR) is 113 cm³/mol. The molecular weight excluding hydrogens is 404 g/mol. The summed E-state index contributed by atoms with van der Waals surface area (Å²) in [4.78, 5) is 12.4. The fourth-order valence-corrected chi connectivity index (χ4v) is 3.46. The standard InChI is InChI=1S/C21H18N4O4S/c1-13-9-14(25-21-17-10-15(26)4-6-18(17)23-12-24-21)3-7-19(13)29-16-5-8-20(22-11-16)30(2,27)28/h3-12,26H,1-2H3,(H,23,24,25). The zero-order valence-corrected chi connectivity index (χ0v) is 17.0. The van der Waals surface area contributed by atoms with Gasteiger partial charge in [-0.2, -0.15) is 0 Å². The van der Waals surface area contributed by atoms with E-state index in [-0.39, 0.29) is 10.8 Å². The SMILES string of the molecule is Cc1cc(Nc2ncnc3ccc(O)cc23)ccc1Oc1ccc(S(C)(=O)=O)nc1. The van der Waals surface area contributed by atoms with E-state index in [1.54, 1.807) is 30.3 Å². The van der Waals surface area contributed by atoms with Gasteiger partial charge in [0, 0.05) is 17.3 Å². The average molecular weight is 422 g/mol. The molecule has 8 nitrogen and oxygen atoms in total. The van der Waals surface area contributed by atoms with Crippen LogP contribution < -0.4 is 10.1 Å². The first-order chi connectivity index (χ1) is 14.3. The monoisotopic (exact) mass is 422 g/mol. The van der Waals surface area contributed by atoms with E-state index in [2.05, 4.69) is 20.3 Å². The zero-order chi connectivity index (χ0) is 21.3. The highest BCUT2D eigenvalue weighted by molar-refractivity contribution is 7.90. The van der Waals surface area contributed by atoms with Crippen molar-refractivity contribution >= 4 is 32.2 Å². The van der Waals surface area contributed by atoms with Gasteiger partial charge in [-0.3, -0.25) is 0 Å². The number of phenols is 1. The molecular formula is C21H18N4O4S. The molecule has 0 amide bonds. The van der Waals surface area contributed by atoms with Gasteiger partial charge in [0.15, 0.2) is 14.9 Å². The van der Waals surface area contributed by atoms with E-state index in [1.807, 2.05) is 19.1 Å². The number of benzene rings is 2. The number of hydrogen-bond donors (Lipinski definition) is 2. The number of aromatic hydroxyl groups is 1. The Morgan fingerprint density at radius 1 is 1.00 bits per heavy atom. The van der Waals surface area contributed by atoms with E-state index < -0.39 is 9.84 Å². The molecule has 2 aromatic carbocycles. The van der Waals surface area contributed by atoms with E-state index in [0.29, 0.717) is 28.2 Å². The Morgan fingerprint density at radius 3 is 2.53 bits per heavy atom. The number of sulfone groups is 1. The van der Waals surface area contributed by atoms with Gasteiger partial charge in [-0.05, 0) is 61.0 Å². The van der Waals surface area contributed by atoms with Crippen molar-refractivity contribution in [1.29, 1.82) is 0 Å². The minimum absolute atomic E-state index is 0.00534. The third-order valence-electron chi connectivity index (χ3n) is 4.37. The summed E-state index contributed by atoms with van der Waals surface area (Å²) in [6.07, 6.45) is 3.94. The molecule has 0 saturated heterocycles. The van der Waals surface area contributed by atoms with Crippen LogP contribution >= 0.6 is 0 Å². The maximum Gasteiger partial charge on any atom is 0.192 e. The van der Waals surface area contributed by atoms with Gasteiger partial charge < -0.3 is 15.2 Å². The summed E-state index contributed by atoms with van der Waals surface area (Å²) in [7, 11) is -3.36. The van der Waals surface area contributed by atoms with Gasteiger partial charge in [0.25, 0.3) is 0 Å². The molecule has 4 aromatic rings. The van der Waals surface area contributed by atoms with Crippen LogP contribution in [-0.4, -0.2) is 34.7 Å². The highest BCUT2D eigenvalue weighted by Crippen LogP contribution is 2.30. The second-order valence-electron chi connectivity index (χ2n) is 6.74. The highest BCUT2D eigenvalue weighted by Gasteiger charge is 2.10. The fraction of sp³-hybridized carbons (Fsp3) is 0.0952. The van der Waals surface area contributed by atoms with Crippen LogP contribution in [0.5, 0.6) is 17.2 Å². The van der Waals surface area contributed by atoms with Crippen LogP contribution in [0.25, 0.3) is 10.9 Å². The van der Waals surface area contributed by atoms with Gasteiger partial charge in [-0.25, -0.2) is 23.4 Å². The highest BCUT2D eigenvalue weighted by atomic mass is 32.2. The maximum atomic E-state index is 11.5. The lowest BCUT2D eigenvalue weighted by atomic mass is 10.2. The van der Waals surface area contributed by atoms with Crippen LogP contribution in [0.15, 0.2) is 66.1 Å². The van der Waals surface area contributed by atoms with E-state index in [0.717, 1.165) is 17.5 Å². The summed E-state index contributed by atoms with van der Waals surface area (Å²) in [5.41, 5.74) is 2.36. The van der Waals surface area contributed by atoms with Crippen LogP contribution in [0.2, 0.25) is 0 Å². The first kappa shape index (κ1) is 19.6. The molecule has 152 valence electrons. The molecule has 0 spiro atoms. The topological polar surface area (TPSA) is 114 Å². The molecule has 30 heavy (non-hydrogen) atoms. The molecule has 0 unspecified atom stereocenters. The molecule has 0 saturated carbocycles. The summed E-state index contributed by atoms with van der Waals surface area (Å²) < 4.78 is 28.8. The summed E-state index contributed by atoms with van der Waals surface area (Å²) in [5.74, 6) is 1.75. The molecule has 0 aliphatic carbocycles. The molecule has 0 atom stereocenters. The molecule has 2 heterocycles.